The van der Waals surface area contributed by atoms with Crippen LogP contribution in [0, 0.1) is 17.1 Å². The molecule has 1 atom stereocenters. The lowest BCUT2D eigenvalue weighted by Gasteiger charge is -2.13. The third-order valence-corrected chi connectivity index (χ3v) is 2.82. The van der Waals surface area contributed by atoms with Crippen LogP contribution < -0.4 is 10.1 Å². The van der Waals surface area contributed by atoms with E-state index < -0.39 is 0 Å². The number of nitrogens with one attached hydrogen (secondary N) is 1. The zero-order chi connectivity index (χ0) is 13.4. The van der Waals surface area contributed by atoms with E-state index in [1.165, 1.54) is 6.07 Å². The highest BCUT2D eigenvalue weighted by atomic mass is 19.1. The summed E-state index contributed by atoms with van der Waals surface area (Å²) >= 11 is 0. The van der Waals surface area contributed by atoms with Crippen LogP contribution in [0.3, 0.4) is 0 Å². The molecule has 0 aliphatic rings. The van der Waals surface area contributed by atoms with Crippen LogP contribution in [0.1, 0.15) is 37.8 Å². The van der Waals surface area contributed by atoms with Gasteiger partial charge in [0.25, 0.3) is 0 Å². The molecule has 0 bridgehead atoms. The predicted octanol–water partition coefficient (Wildman–Crippen LogP) is 3.18. The van der Waals surface area contributed by atoms with E-state index in [0.717, 1.165) is 12.8 Å². The van der Waals surface area contributed by atoms with Gasteiger partial charge in [-0.25, -0.2) is 4.39 Å². The lowest BCUT2D eigenvalue weighted by atomic mass is 10.1. The van der Waals surface area contributed by atoms with Crippen LogP contribution in [0.25, 0.3) is 0 Å². The molecule has 0 aliphatic heterocycles. The largest absolute Gasteiger partial charge is 0.493 e. The highest BCUT2D eigenvalue weighted by Crippen LogP contribution is 2.21. The number of ether oxygens (including phenoxy) is 1. The van der Waals surface area contributed by atoms with E-state index in [0.29, 0.717) is 24.3 Å². The van der Waals surface area contributed by atoms with Crippen molar-refractivity contribution < 1.29 is 9.13 Å². The first kappa shape index (κ1) is 14.5. The molecule has 1 unspecified atom stereocenters. The fourth-order valence-electron chi connectivity index (χ4n) is 1.60. The van der Waals surface area contributed by atoms with Crippen LogP contribution in [0.15, 0.2) is 18.2 Å². The number of unbranched alkanes of at least 4 members (excludes halogenated alkanes) is 2. The summed E-state index contributed by atoms with van der Waals surface area (Å²) in [6, 6.07) is 6.98. The standard InChI is InChI=1S/C14H19FN2O/c1-11(17-2)13-7-6-12(10-14(13)15)18-9-5-3-4-8-16/h6-7,10-11,17H,3-5,9H2,1-2H3. The Kier molecular flexibility index (Phi) is 6.16. The van der Waals surface area contributed by atoms with E-state index in [4.69, 9.17) is 10.00 Å². The summed E-state index contributed by atoms with van der Waals surface area (Å²) in [6.07, 6.45) is 2.16. The van der Waals surface area contributed by atoms with Crippen LogP contribution in [0.5, 0.6) is 5.75 Å². The molecule has 0 amide bonds. The molecule has 1 aromatic rings. The number of halogens is 1. The molecule has 3 nitrogen and oxygen atoms in total. The van der Waals surface area contributed by atoms with Crippen LogP contribution in [-0.2, 0) is 0 Å². The van der Waals surface area contributed by atoms with Gasteiger partial charge in [-0.2, -0.15) is 5.26 Å². The van der Waals surface area contributed by atoms with E-state index in [1.54, 1.807) is 19.2 Å². The summed E-state index contributed by atoms with van der Waals surface area (Å²) in [5, 5.41) is 11.4. The minimum atomic E-state index is -0.258. The average Bonchev–Trinajstić information content (AvgIpc) is 2.38. The van der Waals surface area contributed by atoms with Gasteiger partial charge in [0.2, 0.25) is 0 Å². The van der Waals surface area contributed by atoms with Crippen molar-refractivity contribution in [2.24, 2.45) is 0 Å². The molecule has 0 spiro atoms. The summed E-state index contributed by atoms with van der Waals surface area (Å²) in [6.45, 7) is 2.42. The first-order valence-electron chi connectivity index (χ1n) is 6.15. The molecule has 98 valence electrons. The summed E-state index contributed by atoms with van der Waals surface area (Å²) in [5.41, 5.74) is 0.634. The van der Waals surface area contributed by atoms with E-state index in [9.17, 15) is 4.39 Å². The van der Waals surface area contributed by atoms with E-state index in [1.807, 2.05) is 6.92 Å². The second-order valence-electron chi connectivity index (χ2n) is 4.16. The second-order valence-corrected chi connectivity index (χ2v) is 4.16. The zero-order valence-electron chi connectivity index (χ0n) is 10.9. The van der Waals surface area contributed by atoms with E-state index >= 15 is 0 Å². The van der Waals surface area contributed by atoms with Crippen molar-refractivity contribution >= 4 is 0 Å². The van der Waals surface area contributed by atoms with Crippen molar-refractivity contribution in [1.82, 2.24) is 5.32 Å². The smallest absolute Gasteiger partial charge is 0.131 e. The summed E-state index contributed by atoms with van der Waals surface area (Å²) in [7, 11) is 1.80. The highest BCUT2D eigenvalue weighted by molar-refractivity contribution is 5.30. The minimum Gasteiger partial charge on any atom is -0.493 e. The number of nitrogens with zero attached hydrogens (tertiary/aromatic N) is 1. The highest BCUT2D eigenvalue weighted by Gasteiger charge is 2.09. The first-order chi connectivity index (χ1) is 8.69. The Morgan fingerprint density at radius 1 is 1.44 bits per heavy atom. The molecule has 0 aliphatic carbocycles. The van der Waals surface area contributed by atoms with Crippen molar-refractivity contribution in [2.75, 3.05) is 13.7 Å². The first-order valence-corrected chi connectivity index (χ1v) is 6.15. The Labute approximate surface area is 108 Å². The maximum atomic E-state index is 13.8. The van der Waals surface area contributed by atoms with Crippen molar-refractivity contribution in [3.63, 3.8) is 0 Å². The molecule has 0 heterocycles. The van der Waals surface area contributed by atoms with E-state index in [-0.39, 0.29) is 11.9 Å². The molecular formula is C14H19FN2O. The minimum absolute atomic E-state index is 0.0188. The normalized spacial score (nSPS) is 11.9. The Morgan fingerprint density at radius 2 is 2.22 bits per heavy atom. The molecule has 1 N–H and O–H groups in total. The lowest BCUT2D eigenvalue weighted by Crippen LogP contribution is -2.13. The Balaban J connectivity index is 2.49. The third kappa shape index (κ3) is 4.34. The van der Waals surface area contributed by atoms with Gasteiger partial charge in [-0.05, 0) is 32.9 Å². The Morgan fingerprint density at radius 3 is 2.83 bits per heavy atom. The summed E-state index contributed by atoms with van der Waals surface area (Å²) < 4.78 is 19.2. The number of hydrogen-bond donors (Lipinski definition) is 1. The Bertz CT molecular complexity index is 415. The fraction of sp³-hybridized carbons (Fsp3) is 0.500. The van der Waals surface area contributed by atoms with Crippen LogP contribution in [0.4, 0.5) is 4.39 Å². The molecule has 1 aromatic carbocycles. The third-order valence-electron chi connectivity index (χ3n) is 2.82. The van der Waals surface area contributed by atoms with Crippen LogP contribution in [0.2, 0.25) is 0 Å². The van der Waals surface area contributed by atoms with Crippen LogP contribution in [-0.4, -0.2) is 13.7 Å². The van der Waals surface area contributed by atoms with Gasteiger partial charge in [-0.3, -0.25) is 0 Å². The van der Waals surface area contributed by atoms with Gasteiger partial charge >= 0.3 is 0 Å². The van der Waals surface area contributed by atoms with Gasteiger partial charge in [0.05, 0.1) is 12.7 Å². The lowest BCUT2D eigenvalue weighted by molar-refractivity contribution is 0.305. The predicted molar refractivity (Wildman–Crippen MR) is 68.8 cm³/mol. The van der Waals surface area contributed by atoms with Crippen molar-refractivity contribution in [2.45, 2.75) is 32.2 Å². The second kappa shape index (κ2) is 7.67. The van der Waals surface area contributed by atoms with E-state index in [2.05, 4.69) is 11.4 Å². The molecule has 4 heteroatoms. The maximum Gasteiger partial charge on any atom is 0.131 e. The molecule has 0 fully saturated rings. The van der Waals surface area contributed by atoms with Gasteiger partial charge in [0.15, 0.2) is 0 Å². The molecule has 18 heavy (non-hydrogen) atoms. The van der Waals surface area contributed by atoms with Gasteiger partial charge in [-0.1, -0.05) is 6.07 Å². The Hall–Kier alpha value is -1.60. The molecule has 0 saturated carbocycles. The quantitative estimate of drug-likeness (QED) is 0.756. The maximum absolute atomic E-state index is 13.8. The molecule has 0 saturated heterocycles. The molecular weight excluding hydrogens is 231 g/mol. The summed E-state index contributed by atoms with van der Waals surface area (Å²) in [5.74, 6) is 0.280. The van der Waals surface area contributed by atoms with Crippen molar-refractivity contribution in [3.8, 4) is 11.8 Å². The number of hydrogen-bond acceptors (Lipinski definition) is 3. The average molecular weight is 250 g/mol. The SMILES string of the molecule is CNC(C)c1ccc(OCCCCC#N)cc1F. The van der Waals surface area contributed by atoms with Gasteiger partial charge < -0.3 is 10.1 Å². The van der Waals surface area contributed by atoms with Gasteiger partial charge in [0.1, 0.15) is 11.6 Å². The number of rotatable bonds is 7. The molecule has 0 aromatic heterocycles. The van der Waals surface area contributed by atoms with Crippen molar-refractivity contribution in [1.29, 1.82) is 5.26 Å². The van der Waals surface area contributed by atoms with Crippen molar-refractivity contribution in [3.05, 3.63) is 29.6 Å². The number of benzene rings is 1. The monoisotopic (exact) mass is 250 g/mol. The van der Waals surface area contributed by atoms with Gasteiger partial charge in [0, 0.05) is 24.1 Å². The zero-order valence-corrected chi connectivity index (χ0v) is 10.9. The van der Waals surface area contributed by atoms with Gasteiger partial charge in [-0.15, -0.1) is 0 Å². The summed E-state index contributed by atoms with van der Waals surface area (Å²) in [4.78, 5) is 0. The number of nitriles is 1. The molecule has 1 rings (SSSR count). The van der Waals surface area contributed by atoms with Crippen LogP contribution >= 0.6 is 0 Å². The topological polar surface area (TPSA) is 45.0 Å². The fourth-order valence-corrected chi connectivity index (χ4v) is 1.60. The molecule has 0 radical (unpaired) electrons.